The summed E-state index contributed by atoms with van der Waals surface area (Å²) in [7, 11) is 0. The number of piperazine rings is 1. The zero-order valence-electron chi connectivity index (χ0n) is 16.5. The van der Waals surface area contributed by atoms with Crippen LogP contribution in [0.15, 0.2) is 24.3 Å². The number of rotatable bonds is 3. The Kier molecular flexibility index (Phi) is 6.67. The van der Waals surface area contributed by atoms with Gasteiger partial charge in [-0.3, -0.25) is 0 Å². The highest BCUT2D eigenvalue weighted by molar-refractivity contribution is 5.89. The lowest BCUT2D eigenvalue weighted by atomic mass is 10.1. The normalized spacial score (nSPS) is 17.2. The van der Waals surface area contributed by atoms with E-state index in [1.807, 2.05) is 20.8 Å². The van der Waals surface area contributed by atoms with Gasteiger partial charge in [-0.05, 0) is 51.5 Å². The molecule has 7 heteroatoms. The van der Waals surface area contributed by atoms with Gasteiger partial charge in [0, 0.05) is 25.3 Å². The highest BCUT2D eigenvalue weighted by Crippen LogP contribution is 2.19. The first-order chi connectivity index (χ1) is 12.7. The van der Waals surface area contributed by atoms with Crippen molar-refractivity contribution in [2.75, 3.05) is 25.0 Å². The van der Waals surface area contributed by atoms with Crippen molar-refractivity contribution >= 4 is 17.8 Å². The van der Waals surface area contributed by atoms with Crippen molar-refractivity contribution in [1.82, 2.24) is 9.80 Å². The zero-order chi connectivity index (χ0) is 20.0. The fourth-order valence-electron chi connectivity index (χ4n) is 3.02. The minimum atomic E-state index is -0.540. The lowest BCUT2D eigenvalue weighted by molar-refractivity contribution is 0.00899. The summed E-state index contributed by atoms with van der Waals surface area (Å²) in [4.78, 5) is 28.5. The first-order valence-electron chi connectivity index (χ1n) is 9.29. The predicted molar refractivity (Wildman–Crippen MR) is 103 cm³/mol. The molecule has 1 atom stereocenters. The first-order valence-corrected chi connectivity index (χ1v) is 9.29. The summed E-state index contributed by atoms with van der Waals surface area (Å²) in [5, 5.41) is 11.7. The molecule has 1 aliphatic rings. The number of nitriles is 1. The van der Waals surface area contributed by atoms with Crippen molar-refractivity contribution in [2.45, 2.75) is 52.2 Å². The van der Waals surface area contributed by atoms with Gasteiger partial charge in [-0.25, -0.2) is 9.59 Å². The van der Waals surface area contributed by atoms with Crippen molar-refractivity contribution in [3.05, 3.63) is 29.8 Å². The molecule has 146 valence electrons. The molecule has 0 aliphatic carbocycles. The van der Waals surface area contributed by atoms with E-state index >= 15 is 0 Å². The molecule has 1 saturated heterocycles. The molecule has 3 amide bonds. The molecule has 1 heterocycles. The Balaban J connectivity index is 2.02. The number of carbonyl (C=O) groups is 2. The third-order valence-electron chi connectivity index (χ3n) is 4.28. The molecule has 1 aromatic carbocycles. The first kappa shape index (κ1) is 20.6. The minimum absolute atomic E-state index is 0.0605. The van der Waals surface area contributed by atoms with Crippen LogP contribution in [0.5, 0.6) is 0 Å². The number of urea groups is 1. The molecule has 0 radical (unpaired) electrons. The van der Waals surface area contributed by atoms with Crippen molar-refractivity contribution in [1.29, 1.82) is 5.26 Å². The number of nitrogens with one attached hydrogen (secondary N) is 1. The van der Waals surface area contributed by atoms with Gasteiger partial charge in [-0.15, -0.1) is 0 Å². The Morgan fingerprint density at radius 3 is 2.48 bits per heavy atom. The minimum Gasteiger partial charge on any atom is -0.444 e. The molecule has 27 heavy (non-hydrogen) atoms. The smallest absolute Gasteiger partial charge is 0.410 e. The summed E-state index contributed by atoms with van der Waals surface area (Å²) in [6.07, 6.45) is 1.38. The number of hydrogen-bond donors (Lipinski definition) is 1. The van der Waals surface area contributed by atoms with Gasteiger partial charge < -0.3 is 19.9 Å². The molecule has 1 fully saturated rings. The van der Waals surface area contributed by atoms with Crippen LogP contribution in [-0.4, -0.2) is 53.2 Å². The van der Waals surface area contributed by atoms with E-state index in [0.717, 1.165) is 12.8 Å². The van der Waals surface area contributed by atoms with Crippen LogP contribution in [0.1, 0.15) is 46.1 Å². The van der Waals surface area contributed by atoms with Crippen LogP contribution < -0.4 is 5.32 Å². The molecule has 0 bridgehead atoms. The van der Waals surface area contributed by atoms with Gasteiger partial charge >= 0.3 is 12.1 Å². The maximum absolute atomic E-state index is 12.7. The molecule has 7 nitrogen and oxygen atoms in total. The molecular weight excluding hydrogens is 344 g/mol. The average Bonchev–Trinajstić information content (AvgIpc) is 2.61. The van der Waals surface area contributed by atoms with Crippen LogP contribution in [0.4, 0.5) is 15.3 Å². The van der Waals surface area contributed by atoms with E-state index in [0.29, 0.717) is 30.9 Å². The topological polar surface area (TPSA) is 85.7 Å². The number of ether oxygens (including phenoxy) is 1. The quantitative estimate of drug-likeness (QED) is 0.874. The van der Waals surface area contributed by atoms with Gasteiger partial charge in [0.15, 0.2) is 0 Å². The fraction of sp³-hybridized carbons (Fsp3) is 0.550. The van der Waals surface area contributed by atoms with E-state index in [1.165, 1.54) is 0 Å². The molecule has 1 aromatic rings. The van der Waals surface area contributed by atoms with E-state index in [-0.39, 0.29) is 18.2 Å². The SMILES string of the molecule is CCC[C@@H]1CN(C(=O)OC(C)(C)C)CCN1C(=O)Nc1ccc(C#N)cc1. The van der Waals surface area contributed by atoms with Gasteiger partial charge in [0.1, 0.15) is 5.60 Å². The average molecular weight is 372 g/mol. The van der Waals surface area contributed by atoms with Gasteiger partial charge in [-0.2, -0.15) is 5.26 Å². The van der Waals surface area contributed by atoms with Crippen LogP contribution in [0.25, 0.3) is 0 Å². The van der Waals surface area contributed by atoms with E-state index in [1.54, 1.807) is 34.1 Å². The van der Waals surface area contributed by atoms with E-state index in [4.69, 9.17) is 10.00 Å². The zero-order valence-corrected chi connectivity index (χ0v) is 16.5. The largest absolute Gasteiger partial charge is 0.444 e. The molecule has 0 aromatic heterocycles. The summed E-state index contributed by atoms with van der Waals surface area (Å²) < 4.78 is 5.46. The Hall–Kier alpha value is -2.75. The summed E-state index contributed by atoms with van der Waals surface area (Å²) in [5.74, 6) is 0. The van der Waals surface area contributed by atoms with Crippen LogP contribution >= 0.6 is 0 Å². The standard InChI is InChI=1S/C20H28N4O3/c1-5-6-17-14-23(19(26)27-20(2,3)4)11-12-24(17)18(25)22-16-9-7-15(13-21)8-10-16/h7-10,17H,5-6,11-12,14H2,1-4H3,(H,22,25)/t17-/m1/s1. The molecule has 2 rings (SSSR count). The van der Waals surface area contributed by atoms with Gasteiger partial charge in [0.05, 0.1) is 17.7 Å². The number of carbonyl (C=O) groups excluding carboxylic acids is 2. The van der Waals surface area contributed by atoms with Crippen LogP contribution in [0, 0.1) is 11.3 Å². The Bertz CT molecular complexity index is 703. The Morgan fingerprint density at radius 2 is 1.93 bits per heavy atom. The summed E-state index contributed by atoms with van der Waals surface area (Å²) >= 11 is 0. The molecule has 1 aliphatic heterocycles. The molecular formula is C20H28N4O3. The molecule has 0 unspecified atom stereocenters. The highest BCUT2D eigenvalue weighted by Gasteiger charge is 2.33. The molecule has 0 spiro atoms. The van der Waals surface area contributed by atoms with E-state index in [9.17, 15) is 9.59 Å². The summed E-state index contributed by atoms with van der Waals surface area (Å²) in [5.41, 5.74) is 0.646. The van der Waals surface area contributed by atoms with Crippen LogP contribution in [0.3, 0.4) is 0 Å². The highest BCUT2D eigenvalue weighted by atomic mass is 16.6. The number of hydrogen-bond acceptors (Lipinski definition) is 4. The van der Waals surface area contributed by atoms with Gasteiger partial charge in [0.25, 0.3) is 0 Å². The summed E-state index contributed by atoms with van der Waals surface area (Å²) in [6, 6.07) is 8.55. The van der Waals surface area contributed by atoms with Gasteiger partial charge in [0.2, 0.25) is 0 Å². The van der Waals surface area contributed by atoms with Crippen molar-refractivity contribution < 1.29 is 14.3 Å². The third-order valence-corrected chi connectivity index (χ3v) is 4.28. The van der Waals surface area contributed by atoms with Crippen molar-refractivity contribution in [3.8, 4) is 6.07 Å². The molecule has 0 saturated carbocycles. The van der Waals surface area contributed by atoms with E-state index < -0.39 is 5.60 Å². The number of benzene rings is 1. The number of anilines is 1. The lowest BCUT2D eigenvalue weighted by Crippen LogP contribution is -2.58. The van der Waals surface area contributed by atoms with Crippen LogP contribution in [-0.2, 0) is 4.74 Å². The monoisotopic (exact) mass is 372 g/mol. The Morgan fingerprint density at radius 1 is 1.26 bits per heavy atom. The maximum atomic E-state index is 12.7. The fourth-order valence-corrected chi connectivity index (χ4v) is 3.02. The Labute approximate surface area is 160 Å². The maximum Gasteiger partial charge on any atom is 0.410 e. The second kappa shape index (κ2) is 8.76. The summed E-state index contributed by atoms with van der Waals surface area (Å²) in [6.45, 7) is 8.94. The van der Waals surface area contributed by atoms with E-state index in [2.05, 4.69) is 18.3 Å². The molecule has 1 N–H and O–H groups in total. The van der Waals surface area contributed by atoms with Crippen LogP contribution in [0.2, 0.25) is 0 Å². The second-order valence-corrected chi connectivity index (χ2v) is 7.68. The van der Waals surface area contributed by atoms with Crippen molar-refractivity contribution in [2.24, 2.45) is 0 Å². The number of amides is 3. The predicted octanol–water partition coefficient (Wildman–Crippen LogP) is 3.81. The van der Waals surface area contributed by atoms with Gasteiger partial charge in [-0.1, -0.05) is 13.3 Å². The second-order valence-electron chi connectivity index (χ2n) is 7.68. The lowest BCUT2D eigenvalue weighted by Gasteiger charge is -2.41. The third kappa shape index (κ3) is 5.88. The van der Waals surface area contributed by atoms with Crippen molar-refractivity contribution in [3.63, 3.8) is 0 Å². The number of nitrogens with zero attached hydrogens (tertiary/aromatic N) is 3.